The minimum atomic E-state index is -4.18. The summed E-state index contributed by atoms with van der Waals surface area (Å²) in [4.78, 5) is 10.5. The Morgan fingerprint density at radius 1 is 1.19 bits per heavy atom. The molecule has 7 nitrogen and oxygen atoms in total. The highest BCUT2D eigenvalue weighted by Gasteiger charge is 2.23. The van der Waals surface area contributed by atoms with Crippen LogP contribution in [0.1, 0.15) is 11.1 Å². The first-order valence-electron chi connectivity index (χ1n) is 7.63. The average Bonchev–Trinajstić information content (AvgIpc) is 2.55. The number of carboxylic acid groups (broad SMARTS) is 1. The zero-order valence-corrected chi connectivity index (χ0v) is 15.2. The third-order valence-electron chi connectivity index (χ3n) is 3.53. The van der Waals surface area contributed by atoms with Crippen LogP contribution in [0.2, 0.25) is 0 Å². The van der Waals surface area contributed by atoms with Crippen molar-refractivity contribution in [2.24, 2.45) is 0 Å². The number of para-hydroxylation sites is 2. The van der Waals surface area contributed by atoms with Crippen molar-refractivity contribution in [2.75, 3.05) is 11.3 Å². The lowest BCUT2D eigenvalue weighted by Gasteiger charge is -2.17. The van der Waals surface area contributed by atoms with E-state index in [1.165, 1.54) is 43.3 Å². The van der Waals surface area contributed by atoms with Crippen LogP contribution in [0.25, 0.3) is 0 Å². The maximum absolute atomic E-state index is 12.7. The van der Waals surface area contributed by atoms with Crippen molar-refractivity contribution in [2.45, 2.75) is 25.4 Å². The summed E-state index contributed by atoms with van der Waals surface area (Å²) in [6.45, 7) is -0.656. The van der Waals surface area contributed by atoms with Crippen LogP contribution in [-0.2, 0) is 14.8 Å². The third-order valence-corrected chi connectivity index (χ3v) is 5.04. The molecule has 0 saturated carbocycles. The van der Waals surface area contributed by atoms with Gasteiger partial charge in [0.2, 0.25) is 0 Å². The Kier molecular flexibility index (Phi) is 6.21. The highest BCUT2D eigenvalue weighted by Crippen LogP contribution is 2.32. The number of carboxylic acids is 1. The molecule has 2 N–H and O–H groups in total. The summed E-state index contributed by atoms with van der Waals surface area (Å²) < 4.78 is 62.2. The Morgan fingerprint density at radius 2 is 1.85 bits per heavy atom. The van der Waals surface area contributed by atoms with Crippen LogP contribution < -0.4 is 14.2 Å². The summed E-state index contributed by atoms with van der Waals surface area (Å²) in [5, 5.41) is 8.75. The number of rotatable bonds is 8. The van der Waals surface area contributed by atoms with E-state index in [0.717, 1.165) is 0 Å². The van der Waals surface area contributed by atoms with Crippen LogP contribution in [0.5, 0.6) is 11.5 Å². The molecule has 2 aromatic rings. The molecule has 0 bridgehead atoms. The summed E-state index contributed by atoms with van der Waals surface area (Å²) in [7, 11) is -4.18. The van der Waals surface area contributed by atoms with Gasteiger partial charge in [-0.1, -0.05) is 18.2 Å². The van der Waals surface area contributed by atoms with Gasteiger partial charge in [0.15, 0.2) is 6.61 Å². The predicted octanol–water partition coefficient (Wildman–Crippen LogP) is 3.17. The lowest BCUT2D eigenvalue weighted by Crippen LogP contribution is -2.17. The van der Waals surface area contributed by atoms with Crippen LogP contribution in [0.3, 0.4) is 0 Å². The summed E-state index contributed by atoms with van der Waals surface area (Å²) in [6.07, 6.45) is 0. The van der Waals surface area contributed by atoms with Crippen molar-refractivity contribution in [3.63, 3.8) is 0 Å². The number of halogens is 2. The van der Waals surface area contributed by atoms with Crippen LogP contribution in [0.15, 0.2) is 41.3 Å². The largest absolute Gasteiger partial charge is 0.481 e. The number of aliphatic carboxylic acids is 1. The van der Waals surface area contributed by atoms with E-state index >= 15 is 0 Å². The molecule has 0 unspecified atom stereocenters. The molecule has 0 saturated heterocycles. The molecule has 0 fully saturated rings. The van der Waals surface area contributed by atoms with E-state index in [4.69, 9.17) is 9.84 Å². The zero-order chi connectivity index (χ0) is 20.2. The van der Waals surface area contributed by atoms with Gasteiger partial charge in [0.1, 0.15) is 11.5 Å². The normalized spacial score (nSPS) is 11.3. The molecule has 0 aliphatic heterocycles. The Balaban J connectivity index is 2.40. The number of hydrogen-bond donors (Lipinski definition) is 2. The number of benzene rings is 2. The lowest BCUT2D eigenvalue weighted by atomic mass is 10.1. The SMILES string of the molecule is Cc1ccc(S(=O)(=O)Nc2ccccc2OC(F)F)c(C)c1OCC(=O)O. The molecule has 10 heteroatoms. The second kappa shape index (κ2) is 8.21. The quantitative estimate of drug-likeness (QED) is 0.705. The summed E-state index contributed by atoms with van der Waals surface area (Å²) in [5.41, 5.74) is 0.580. The Labute approximate surface area is 154 Å². The van der Waals surface area contributed by atoms with Crippen molar-refractivity contribution in [1.29, 1.82) is 0 Å². The summed E-state index contributed by atoms with van der Waals surface area (Å²) in [6, 6.07) is 8.13. The molecular weight excluding hydrogens is 384 g/mol. The standard InChI is InChI=1S/C17H17F2NO6S/c1-10-7-8-14(11(2)16(10)25-9-15(21)22)27(23,24)20-12-5-3-4-6-13(12)26-17(18)19/h3-8,17,20H,9H2,1-2H3,(H,21,22). The maximum Gasteiger partial charge on any atom is 0.387 e. The topological polar surface area (TPSA) is 102 Å². The van der Waals surface area contributed by atoms with E-state index in [0.29, 0.717) is 5.56 Å². The molecule has 0 radical (unpaired) electrons. The monoisotopic (exact) mass is 401 g/mol. The van der Waals surface area contributed by atoms with Crippen molar-refractivity contribution in [3.8, 4) is 11.5 Å². The van der Waals surface area contributed by atoms with Gasteiger partial charge in [0, 0.05) is 5.56 Å². The number of carbonyl (C=O) groups is 1. The molecule has 0 aromatic heterocycles. The van der Waals surface area contributed by atoms with Gasteiger partial charge in [0.05, 0.1) is 10.6 Å². The van der Waals surface area contributed by atoms with Crippen molar-refractivity contribution in [1.82, 2.24) is 0 Å². The fourth-order valence-electron chi connectivity index (χ4n) is 2.41. The minimum absolute atomic E-state index is 0.123. The van der Waals surface area contributed by atoms with E-state index in [2.05, 4.69) is 9.46 Å². The summed E-state index contributed by atoms with van der Waals surface area (Å²) in [5.74, 6) is -1.42. The first-order valence-corrected chi connectivity index (χ1v) is 9.11. The fraction of sp³-hybridized carbons (Fsp3) is 0.235. The van der Waals surface area contributed by atoms with Gasteiger partial charge in [0.25, 0.3) is 10.0 Å². The van der Waals surface area contributed by atoms with E-state index in [9.17, 15) is 22.0 Å². The Bertz CT molecular complexity index is 946. The van der Waals surface area contributed by atoms with Gasteiger partial charge >= 0.3 is 12.6 Å². The number of alkyl halides is 2. The maximum atomic E-state index is 12.7. The van der Waals surface area contributed by atoms with Gasteiger partial charge in [-0.2, -0.15) is 8.78 Å². The number of sulfonamides is 1. The lowest BCUT2D eigenvalue weighted by molar-refractivity contribution is -0.139. The molecule has 0 aliphatic carbocycles. The van der Waals surface area contributed by atoms with E-state index in [-0.39, 0.29) is 27.6 Å². The Morgan fingerprint density at radius 3 is 2.48 bits per heavy atom. The van der Waals surface area contributed by atoms with Crippen LogP contribution >= 0.6 is 0 Å². The molecule has 2 aromatic carbocycles. The zero-order valence-electron chi connectivity index (χ0n) is 14.4. The molecule has 27 heavy (non-hydrogen) atoms. The molecule has 0 heterocycles. The van der Waals surface area contributed by atoms with E-state index < -0.39 is 29.2 Å². The molecule has 146 valence electrons. The number of ether oxygens (including phenoxy) is 2. The third kappa shape index (κ3) is 5.07. The number of nitrogens with one attached hydrogen (secondary N) is 1. The fourth-order valence-corrected chi connectivity index (χ4v) is 3.72. The molecule has 0 aliphatic rings. The first kappa shape index (κ1) is 20.4. The second-order valence-electron chi connectivity index (χ2n) is 5.50. The number of anilines is 1. The first-order chi connectivity index (χ1) is 12.6. The average molecular weight is 401 g/mol. The molecule has 0 atom stereocenters. The van der Waals surface area contributed by atoms with E-state index in [1.54, 1.807) is 6.92 Å². The number of aryl methyl sites for hydroxylation is 1. The van der Waals surface area contributed by atoms with Gasteiger partial charge in [-0.15, -0.1) is 0 Å². The molecular formula is C17H17F2NO6S. The highest BCUT2D eigenvalue weighted by molar-refractivity contribution is 7.92. The van der Waals surface area contributed by atoms with Gasteiger partial charge < -0.3 is 14.6 Å². The molecule has 0 amide bonds. The van der Waals surface area contributed by atoms with Crippen molar-refractivity contribution in [3.05, 3.63) is 47.5 Å². The molecule has 2 rings (SSSR count). The smallest absolute Gasteiger partial charge is 0.387 e. The van der Waals surface area contributed by atoms with E-state index in [1.807, 2.05) is 0 Å². The van der Waals surface area contributed by atoms with Crippen molar-refractivity contribution < 1.29 is 36.6 Å². The second-order valence-corrected chi connectivity index (χ2v) is 7.15. The van der Waals surface area contributed by atoms with Crippen LogP contribution in [0, 0.1) is 13.8 Å². The predicted molar refractivity (Wildman–Crippen MR) is 92.9 cm³/mol. The Hall–Kier alpha value is -2.88. The van der Waals surface area contributed by atoms with Crippen LogP contribution in [0.4, 0.5) is 14.5 Å². The van der Waals surface area contributed by atoms with Gasteiger partial charge in [-0.05, 0) is 37.6 Å². The summed E-state index contributed by atoms with van der Waals surface area (Å²) >= 11 is 0. The van der Waals surface area contributed by atoms with Gasteiger partial charge in [-0.25, -0.2) is 13.2 Å². The minimum Gasteiger partial charge on any atom is -0.481 e. The van der Waals surface area contributed by atoms with Gasteiger partial charge in [-0.3, -0.25) is 4.72 Å². The van der Waals surface area contributed by atoms with Crippen molar-refractivity contribution >= 4 is 21.7 Å². The van der Waals surface area contributed by atoms with Crippen LogP contribution in [-0.4, -0.2) is 32.7 Å². The molecule has 0 spiro atoms. The number of hydrogen-bond acceptors (Lipinski definition) is 5. The highest BCUT2D eigenvalue weighted by atomic mass is 32.2.